The van der Waals surface area contributed by atoms with E-state index in [4.69, 9.17) is 8.94 Å². The molecule has 4 rings (SSSR count). The molecule has 1 aliphatic rings. The second-order valence-electron chi connectivity index (χ2n) is 5.94. The van der Waals surface area contributed by atoms with Gasteiger partial charge in [-0.15, -0.1) is 0 Å². The number of rotatable bonds is 3. The molecule has 1 unspecified atom stereocenters. The van der Waals surface area contributed by atoms with Crippen LogP contribution in [0.2, 0.25) is 0 Å². The number of hydrogen-bond acceptors (Lipinski definition) is 6. The average Bonchev–Trinajstić information content (AvgIpc) is 3.12. The first-order valence-electron chi connectivity index (χ1n) is 8.04. The molecule has 0 fully saturated rings. The third-order valence-corrected chi connectivity index (χ3v) is 4.38. The van der Waals surface area contributed by atoms with E-state index < -0.39 is 11.7 Å². The van der Waals surface area contributed by atoms with Crippen molar-refractivity contribution in [3.63, 3.8) is 0 Å². The van der Waals surface area contributed by atoms with Crippen molar-refractivity contribution in [2.45, 2.75) is 38.0 Å². The number of Topliss-reactive ketones (excluding diaryl/α,β-unsaturated/α-hetero) is 1. The number of oxazole rings is 1. The van der Waals surface area contributed by atoms with E-state index in [1.54, 1.807) is 12.1 Å². The number of para-hydroxylation sites is 2. The molecule has 0 N–H and O–H groups in total. The maximum Gasteiger partial charge on any atom is 0.220 e. The van der Waals surface area contributed by atoms with E-state index in [1.165, 1.54) is 0 Å². The van der Waals surface area contributed by atoms with Crippen LogP contribution in [0.5, 0.6) is 0 Å². The number of carbonyl (C=O) groups excluding carboxylic acids is 1. The summed E-state index contributed by atoms with van der Waals surface area (Å²) in [7, 11) is 0. The lowest BCUT2D eigenvalue weighted by Gasteiger charge is -2.03. The lowest BCUT2D eigenvalue weighted by Crippen LogP contribution is -2.14. The third kappa shape index (κ3) is 2.38. The van der Waals surface area contributed by atoms with E-state index in [1.807, 2.05) is 18.2 Å². The number of nitrogens with zero attached hydrogens (tertiary/aromatic N) is 3. The molecule has 3 aromatic rings. The first kappa shape index (κ1) is 14.6. The van der Waals surface area contributed by atoms with E-state index in [-0.39, 0.29) is 11.6 Å². The van der Waals surface area contributed by atoms with Crippen LogP contribution < -0.4 is 0 Å². The van der Waals surface area contributed by atoms with Gasteiger partial charge in [0, 0.05) is 12.0 Å². The first-order valence-corrected chi connectivity index (χ1v) is 8.04. The fraction of sp³-hybridized carbons (Fsp3) is 0.333. The zero-order valence-corrected chi connectivity index (χ0v) is 13.0. The molecule has 1 aromatic carbocycles. The van der Waals surface area contributed by atoms with E-state index >= 15 is 0 Å². The molecule has 0 spiro atoms. The van der Waals surface area contributed by atoms with Crippen LogP contribution in [0, 0.1) is 11.3 Å². The van der Waals surface area contributed by atoms with Gasteiger partial charge < -0.3 is 8.94 Å². The van der Waals surface area contributed by atoms with Gasteiger partial charge in [0.1, 0.15) is 11.3 Å². The van der Waals surface area contributed by atoms with Crippen molar-refractivity contribution in [1.29, 1.82) is 5.26 Å². The zero-order chi connectivity index (χ0) is 16.5. The summed E-state index contributed by atoms with van der Waals surface area (Å²) in [5.41, 5.74) is 2.27. The molecule has 6 nitrogen and oxygen atoms in total. The molecule has 2 aromatic heterocycles. The van der Waals surface area contributed by atoms with Crippen LogP contribution in [-0.2, 0) is 12.8 Å². The molecule has 1 aliphatic carbocycles. The highest BCUT2D eigenvalue weighted by atomic mass is 16.5. The summed E-state index contributed by atoms with van der Waals surface area (Å²) in [6, 6.07) is 9.19. The SMILES string of the molecule is N#CC(C(=O)c1noc2c1CCCCC2)c1nc2ccccc2o1. The van der Waals surface area contributed by atoms with Gasteiger partial charge >= 0.3 is 0 Å². The maximum absolute atomic E-state index is 12.9. The summed E-state index contributed by atoms with van der Waals surface area (Å²) in [6.07, 6.45) is 4.67. The second-order valence-corrected chi connectivity index (χ2v) is 5.94. The van der Waals surface area contributed by atoms with Crippen molar-refractivity contribution >= 4 is 16.9 Å². The van der Waals surface area contributed by atoms with Crippen LogP contribution >= 0.6 is 0 Å². The molecule has 0 saturated carbocycles. The van der Waals surface area contributed by atoms with E-state index in [9.17, 15) is 10.1 Å². The summed E-state index contributed by atoms with van der Waals surface area (Å²) in [5, 5.41) is 13.4. The monoisotopic (exact) mass is 321 g/mol. The molecule has 1 atom stereocenters. The molecule has 0 aliphatic heterocycles. The molecular formula is C18H15N3O3. The topological polar surface area (TPSA) is 92.9 Å². The number of ketones is 1. The summed E-state index contributed by atoms with van der Waals surface area (Å²) in [4.78, 5) is 17.1. The minimum Gasteiger partial charge on any atom is -0.439 e. The number of carbonyl (C=O) groups is 1. The van der Waals surface area contributed by atoms with Gasteiger partial charge in [-0.1, -0.05) is 23.7 Å². The number of fused-ring (bicyclic) bond motifs is 2. The summed E-state index contributed by atoms with van der Waals surface area (Å²) in [5.74, 6) is -0.648. The van der Waals surface area contributed by atoms with Gasteiger partial charge in [-0.25, -0.2) is 4.98 Å². The fourth-order valence-corrected chi connectivity index (χ4v) is 3.13. The van der Waals surface area contributed by atoms with Gasteiger partial charge in [0.05, 0.1) is 6.07 Å². The largest absolute Gasteiger partial charge is 0.439 e. The van der Waals surface area contributed by atoms with E-state index in [0.29, 0.717) is 11.1 Å². The molecule has 0 saturated heterocycles. The van der Waals surface area contributed by atoms with Gasteiger partial charge in [0.15, 0.2) is 17.2 Å². The minimum atomic E-state index is -1.12. The Morgan fingerprint density at radius 3 is 2.88 bits per heavy atom. The van der Waals surface area contributed by atoms with Crippen LogP contribution in [0.25, 0.3) is 11.1 Å². The standard InChI is InChI=1S/C18H15N3O3/c19-10-12(18-20-13-7-4-5-9-15(13)23-18)17(22)16-11-6-2-1-3-8-14(11)24-21-16/h4-5,7,9,12H,1-3,6,8H2. The smallest absolute Gasteiger partial charge is 0.220 e. The molecule has 0 bridgehead atoms. The molecule has 24 heavy (non-hydrogen) atoms. The average molecular weight is 321 g/mol. The lowest BCUT2D eigenvalue weighted by atomic mass is 9.98. The Hall–Kier alpha value is -2.94. The Morgan fingerprint density at radius 1 is 1.21 bits per heavy atom. The van der Waals surface area contributed by atoms with Crippen LogP contribution in [-0.4, -0.2) is 15.9 Å². The maximum atomic E-state index is 12.9. The van der Waals surface area contributed by atoms with E-state index in [2.05, 4.69) is 10.1 Å². The highest BCUT2D eigenvalue weighted by Gasteiger charge is 2.32. The van der Waals surface area contributed by atoms with Crippen molar-refractivity contribution in [2.75, 3.05) is 0 Å². The van der Waals surface area contributed by atoms with Gasteiger partial charge in [-0.3, -0.25) is 4.79 Å². The Kier molecular flexibility index (Phi) is 3.62. The van der Waals surface area contributed by atoms with Crippen LogP contribution in [0.4, 0.5) is 0 Å². The van der Waals surface area contributed by atoms with Crippen LogP contribution in [0.1, 0.15) is 52.9 Å². The highest BCUT2D eigenvalue weighted by Crippen LogP contribution is 2.29. The molecular weight excluding hydrogens is 306 g/mol. The van der Waals surface area contributed by atoms with E-state index in [0.717, 1.165) is 43.4 Å². The van der Waals surface area contributed by atoms with Gasteiger partial charge in [-0.2, -0.15) is 5.26 Å². The number of aryl methyl sites for hydroxylation is 1. The van der Waals surface area contributed by atoms with Crippen LogP contribution in [0.15, 0.2) is 33.2 Å². The number of nitriles is 1. The Labute approximate surface area is 138 Å². The predicted molar refractivity (Wildman–Crippen MR) is 84.5 cm³/mol. The lowest BCUT2D eigenvalue weighted by molar-refractivity contribution is 0.0960. The number of hydrogen-bond donors (Lipinski definition) is 0. The predicted octanol–water partition coefficient (Wildman–Crippen LogP) is 3.57. The Morgan fingerprint density at radius 2 is 2.04 bits per heavy atom. The highest BCUT2D eigenvalue weighted by molar-refractivity contribution is 6.02. The minimum absolute atomic E-state index is 0.106. The molecule has 2 heterocycles. The van der Waals surface area contributed by atoms with Crippen molar-refractivity contribution < 1.29 is 13.7 Å². The Bertz CT molecular complexity index is 915. The summed E-state index contributed by atoms with van der Waals surface area (Å²) in [6.45, 7) is 0. The fourth-order valence-electron chi connectivity index (χ4n) is 3.13. The number of aromatic nitrogens is 2. The molecule has 0 radical (unpaired) electrons. The zero-order valence-electron chi connectivity index (χ0n) is 13.0. The van der Waals surface area contributed by atoms with Crippen molar-refractivity contribution in [1.82, 2.24) is 10.1 Å². The molecule has 6 heteroatoms. The van der Waals surface area contributed by atoms with Crippen LogP contribution in [0.3, 0.4) is 0 Å². The Balaban J connectivity index is 1.72. The normalized spacial score (nSPS) is 15.5. The first-order chi connectivity index (χ1) is 11.8. The summed E-state index contributed by atoms with van der Waals surface area (Å²) >= 11 is 0. The van der Waals surface area contributed by atoms with Gasteiger partial charge in [0.25, 0.3) is 0 Å². The molecule has 0 amide bonds. The van der Waals surface area contributed by atoms with Crippen molar-refractivity contribution in [3.05, 3.63) is 47.2 Å². The third-order valence-electron chi connectivity index (χ3n) is 4.38. The number of benzene rings is 1. The summed E-state index contributed by atoms with van der Waals surface area (Å²) < 4.78 is 10.9. The van der Waals surface area contributed by atoms with Gasteiger partial charge in [0.2, 0.25) is 11.7 Å². The van der Waals surface area contributed by atoms with Gasteiger partial charge in [-0.05, 0) is 31.4 Å². The molecule has 120 valence electrons. The van der Waals surface area contributed by atoms with Crippen molar-refractivity contribution in [3.8, 4) is 6.07 Å². The second kappa shape index (κ2) is 5.93. The van der Waals surface area contributed by atoms with Crippen molar-refractivity contribution in [2.24, 2.45) is 0 Å². The quantitative estimate of drug-likeness (QED) is 0.541.